The molecule has 0 aliphatic carbocycles. The van der Waals surface area contributed by atoms with E-state index in [1.165, 1.54) is 16.2 Å². The maximum atomic E-state index is 12.4. The monoisotopic (exact) mass is 354 g/mol. The van der Waals surface area contributed by atoms with Crippen molar-refractivity contribution in [2.24, 2.45) is 0 Å². The van der Waals surface area contributed by atoms with E-state index in [1.807, 2.05) is 25.1 Å². The third-order valence-corrected chi connectivity index (χ3v) is 5.18. The van der Waals surface area contributed by atoms with Crippen LogP contribution in [0, 0.1) is 0 Å². The zero-order chi connectivity index (χ0) is 15.9. The first-order valence-electron chi connectivity index (χ1n) is 7.01. The molecule has 0 radical (unpaired) electrons. The van der Waals surface area contributed by atoms with Crippen LogP contribution in [-0.4, -0.2) is 23.5 Å². The minimum Gasteiger partial charge on any atom is -0.335 e. The first-order chi connectivity index (χ1) is 10.6. The Balaban J connectivity index is 1.92. The molecule has 6 heteroatoms. The highest BCUT2D eigenvalue weighted by molar-refractivity contribution is 7.16. The van der Waals surface area contributed by atoms with Gasteiger partial charge in [-0.3, -0.25) is 0 Å². The van der Waals surface area contributed by atoms with Crippen LogP contribution in [0.5, 0.6) is 0 Å². The van der Waals surface area contributed by atoms with Gasteiger partial charge in [0.25, 0.3) is 0 Å². The third kappa shape index (κ3) is 5.16. The molecule has 0 aliphatic rings. The van der Waals surface area contributed by atoms with Crippen molar-refractivity contribution in [3.05, 3.63) is 56.4 Å². The molecular formula is C16H19ClN2OS2. The maximum Gasteiger partial charge on any atom is 0.318 e. The van der Waals surface area contributed by atoms with Crippen molar-refractivity contribution in [2.45, 2.75) is 25.9 Å². The van der Waals surface area contributed by atoms with Crippen LogP contribution >= 0.6 is 34.3 Å². The van der Waals surface area contributed by atoms with E-state index < -0.39 is 0 Å². The SMILES string of the molecule is C=CCN(Cc1ccc(Cl)s1)C(=O)NC(C)Cc1cccs1. The Morgan fingerprint density at radius 3 is 2.86 bits per heavy atom. The molecule has 1 unspecified atom stereocenters. The Labute approximate surface area is 144 Å². The van der Waals surface area contributed by atoms with Gasteiger partial charge in [-0.15, -0.1) is 29.3 Å². The highest BCUT2D eigenvalue weighted by atomic mass is 35.5. The Kier molecular flexibility index (Phi) is 6.49. The summed E-state index contributed by atoms with van der Waals surface area (Å²) in [5, 5.41) is 5.10. The molecule has 1 N–H and O–H groups in total. The molecule has 118 valence electrons. The predicted octanol–water partition coefficient (Wildman–Crippen LogP) is 4.79. The van der Waals surface area contributed by atoms with Crippen molar-refractivity contribution in [3.8, 4) is 0 Å². The lowest BCUT2D eigenvalue weighted by Crippen LogP contribution is -2.44. The molecule has 2 aromatic rings. The topological polar surface area (TPSA) is 32.3 Å². The fraction of sp³-hybridized carbons (Fsp3) is 0.312. The molecule has 0 spiro atoms. The molecule has 3 nitrogen and oxygen atoms in total. The summed E-state index contributed by atoms with van der Waals surface area (Å²) < 4.78 is 0.736. The second-order valence-corrected chi connectivity index (χ2v) is 7.84. The maximum absolute atomic E-state index is 12.4. The number of nitrogens with zero attached hydrogens (tertiary/aromatic N) is 1. The van der Waals surface area contributed by atoms with Crippen molar-refractivity contribution in [3.63, 3.8) is 0 Å². The smallest absolute Gasteiger partial charge is 0.318 e. The van der Waals surface area contributed by atoms with Gasteiger partial charge < -0.3 is 10.2 Å². The van der Waals surface area contributed by atoms with Gasteiger partial charge in [-0.2, -0.15) is 0 Å². The summed E-state index contributed by atoms with van der Waals surface area (Å²) in [6.07, 6.45) is 2.58. The fourth-order valence-electron chi connectivity index (χ4n) is 2.08. The summed E-state index contributed by atoms with van der Waals surface area (Å²) in [6, 6.07) is 7.93. The lowest BCUT2D eigenvalue weighted by Gasteiger charge is -2.23. The zero-order valence-electron chi connectivity index (χ0n) is 12.4. The molecular weight excluding hydrogens is 336 g/mol. The zero-order valence-corrected chi connectivity index (χ0v) is 14.8. The summed E-state index contributed by atoms with van der Waals surface area (Å²) in [5.41, 5.74) is 0. The van der Waals surface area contributed by atoms with Gasteiger partial charge in [0.05, 0.1) is 10.9 Å². The second-order valence-electron chi connectivity index (χ2n) is 5.01. The van der Waals surface area contributed by atoms with E-state index in [4.69, 9.17) is 11.6 Å². The number of urea groups is 1. The van der Waals surface area contributed by atoms with Crippen LogP contribution in [0.25, 0.3) is 0 Å². The molecule has 22 heavy (non-hydrogen) atoms. The van der Waals surface area contributed by atoms with E-state index >= 15 is 0 Å². The van der Waals surface area contributed by atoms with E-state index in [1.54, 1.807) is 22.3 Å². The molecule has 2 aromatic heterocycles. The van der Waals surface area contributed by atoms with Gasteiger partial charge in [-0.05, 0) is 30.5 Å². The first kappa shape index (κ1) is 17.1. The van der Waals surface area contributed by atoms with E-state index in [0.29, 0.717) is 13.1 Å². The summed E-state index contributed by atoms with van der Waals surface area (Å²) in [4.78, 5) is 16.5. The number of hydrogen-bond acceptors (Lipinski definition) is 3. The van der Waals surface area contributed by atoms with Crippen molar-refractivity contribution in [2.75, 3.05) is 6.54 Å². The number of halogens is 1. The lowest BCUT2D eigenvalue weighted by atomic mass is 10.2. The molecule has 0 aliphatic heterocycles. The molecule has 2 rings (SSSR count). The van der Waals surface area contributed by atoms with Crippen LogP contribution in [0.15, 0.2) is 42.3 Å². The van der Waals surface area contributed by atoms with E-state index in [-0.39, 0.29) is 12.1 Å². The number of rotatable bonds is 7. The average molecular weight is 355 g/mol. The minimum atomic E-state index is -0.0755. The average Bonchev–Trinajstić information content (AvgIpc) is 3.10. The Morgan fingerprint density at radius 2 is 2.27 bits per heavy atom. The number of hydrogen-bond donors (Lipinski definition) is 1. The normalized spacial score (nSPS) is 11.9. The van der Waals surface area contributed by atoms with Crippen LogP contribution in [0.2, 0.25) is 4.34 Å². The Bertz CT molecular complexity index is 609. The number of carbonyl (C=O) groups is 1. The van der Waals surface area contributed by atoms with Gasteiger partial charge >= 0.3 is 6.03 Å². The first-order valence-corrected chi connectivity index (χ1v) is 9.09. The number of thiophene rings is 2. The van der Waals surface area contributed by atoms with Crippen LogP contribution in [0.1, 0.15) is 16.7 Å². The number of amides is 2. The highest BCUT2D eigenvalue weighted by Gasteiger charge is 2.16. The molecule has 2 amide bonds. The van der Waals surface area contributed by atoms with Crippen molar-refractivity contribution in [1.29, 1.82) is 0 Å². The van der Waals surface area contributed by atoms with Crippen LogP contribution in [0.3, 0.4) is 0 Å². The quantitative estimate of drug-likeness (QED) is 0.712. The summed E-state index contributed by atoms with van der Waals surface area (Å²) in [6.45, 7) is 6.80. The van der Waals surface area contributed by atoms with Crippen LogP contribution in [-0.2, 0) is 13.0 Å². The number of nitrogens with one attached hydrogen (secondary N) is 1. The highest BCUT2D eigenvalue weighted by Crippen LogP contribution is 2.22. The predicted molar refractivity (Wildman–Crippen MR) is 96.0 cm³/mol. The molecule has 1 atom stereocenters. The largest absolute Gasteiger partial charge is 0.335 e. The number of carbonyl (C=O) groups excluding carboxylic acids is 1. The Morgan fingerprint density at radius 1 is 1.45 bits per heavy atom. The third-order valence-electron chi connectivity index (χ3n) is 3.07. The van der Waals surface area contributed by atoms with Crippen LogP contribution < -0.4 is 5.32 Å². The van der Waals surface area contributed by atoms with Crippen LogP contribution in [0.4, 0.5) is 4.79 Å². The van der Waals surface area contributed by atoms with Gasteiger partial charge in [-0.25, -0.2) is 4.79 Å². The minimum absolute atomic E-state index is 0.0755. The summed E-state index contributed by atoms with van der Waals surface area (Å²) >= 11 is 9.15. The molecule has 0 saturated heterocycles. The van der Waals surface area contributed by atoms with Gasteiger partial charge in [-0.1, -0.05) is 23.7 Å². The van der Waals surface area contributed by atoms with E-state index in [9.17, 15) is 4.79 Å². The molecule has 0 fully saturated rings. The van der Waals surface area contributed by atoms with Gasteiger partial charge in [0, 0.05) is 28.8 Å². The van der Waals surface area contributed by atoms with Gasteiger partial charge in [0.15, 0.2) is 0 Å². The molecule has 2 heterocycles. The summed E-state index contributed by atoms with van der Waals surface area (Å²) in [7, 11) is 0. The summed E-state index contributed by atoms with van der Waals surface area (Å²) in [5.74, 6) is 0. The van der Waals surface area contributed by atoms with Crippen molar-refractivity contribution < 1.29 is 4.79 Å². The van der Waals surface area contributed by atoms with E-state index in [2.05, 4.69) is 23.3 Å². The molecule has 0 bridgehead atoms. The van der Waals surface area contributed by atoms with Gasteiger partial charge in [0.2, 0.25) is 0 Å². The second kappa shape index (κ2) is 8.36. The van der Waals surface area contributed by atoms with Crippen molar-refractivity contribution in [1.82, 2.24) is 10.2 Å². The fourth-order valence-corrected chi connectivity index (χ4v) is 4.02. The lowest BCUT2D eigenvalue weighted by molar-refractivity contribution is 0.198. The van der Waals surface area contributed by atoms with Crippen molar-refractivity contribution >= 4 is 40.3 Å². The standard InChI is InChI=1S/C16H19ClN2OS2/c1-3-8-19(11-14-6-7-15(17)22-14)16(20)18-12(2)10-13-5-4-9-21-13/h3-7,9,12H,1,8,10-11H2,2H3,(H,18,20). The Hall–Kier alpha value is -1.30. The van der Waals surface area contributed by atoms with Gasteiger partial charge in [0.1, 0.15) is 0 Å². The molecule has 0 saturated carbocycles. The van der Waals surface area contributed by atoms with E-state index in [0.717, 1.165) is 15.6 Å². The molecule has 0 aromatic carbocycles.